The van der Waals surface area contributed by atoms with Gasteiger partial charge in [0.25, 0.3) is 0 Å². The van der Waals surface area contributed by atoms with Crippen molar-refractivity contribution < 1.29 is 17.9 Å². The highest BCUT2D eigenvalue weighted by atomic mass is 19.1. The molecule has 0 aromatic heterocycles. The van der Waals surface area contributed by atoms with Crippen LogP contribution in [0.25, 0.3) is 0 Å². The van der Waals surface area contributed by atoms with Gasteiger partial charge in [-0.1, -0.05) is 6.92 Å². The Balaban J connectivity index is 2.29. The smallest absolute Gasteiger partial charge is 0.133 e. The quantitative estimate of drug-likeness (QED) is 0.891. The Labute approximate surface area is 117 Å². The normalized spacial score (nSPS) is 20.9. The molecule has 1 aromatic carbocycles. The summed E-state index contributed by atoms with van der Waals surface area (Å²) < 4.78 is 46.6. The molecule has 1 N–H and O–H groups in total. The van der Waals surface area contributed by atoms with Gasteiger partial charge in [0.1, 0.15) is 17.5 Å². The fraction of sp³-hybridized carbons (Fsp3) is 0.600. The molecule has 1 heterocycles. The first-order chi connectivity index (χ1) is 9.63. The number of halogens is 3. The van der Waals surface area contributed by atoms with Crippen LogP contribution >= 0.6 is 0 Å². The van der Waals surface area contributed by atoms with E-state index in [-0.39, 0.29) is 11.7 Å². The summed E-state index contributed by atoms with van der Waals surface area (Å²) in [6.07, 6.45) is 3.25. The summed E-state index contributed by atoms with van der Waals surface area (Å²) >= 11 is 0. The Morgan fingerprint density at radius 1 is 1.25 bits per heavy atom. The molecule has 2 unspecified atom stereocenters. The Morgan fingerprint density at radius 2 is 1.95 bits per heavy atom. The molecule has 0 aliphatic carbocycles. The second-order valence-electron chi connectivity index (χ2n) is 5.12. The van der Waals surface area contributed by atoms with E-state index in [1.54, 1.807) is 0 Å². The molecule has 0 amide bonds. The minimum absolute atomic E-state index is 0.119. The van der Waals surface area contributed by atoms with E-state index in [2.05, 4.69) is 5.32 Å². The van der Waals surface area contributed by atoms with E-state index in [1.165, 1.54) is 0 Å². The fourth-order valence-corrected chi connectivity index (χ4v) is 2.60. The molecule has 5 heteroatoms. The summed E-state index contributed by atoms with van der Waals surface area (Å²) in [4.78, 5) is 0. The lowest BCUT2D eigenvalue weighted by Crippen LogP contribution is -2.37. The van der Waals surface area contributed by atoms with Crippen molar-refractivity contribution in [2.45, 2.75) is 44.8 Å². The van der Waals surface area contributed by atoms with Gasteiger partial charge in [-0.3, -0.25) is 0 Å². The van der Waals surface area contributed by atoms with E-state index in [1.807, 2.05) is 6.92 Å². The van der Waals surface area contributed by atoms with Crippen molar-refractivity contribution in [2.75, 3.05) is 13.2 Å². The van der Waals surface area contributed by atoms with Gasteiger partial charge < -0.3 is 10.1 Å². The van der Waals surface area contributed by atoms with Gasteiger partial charge >= 0.3 is 0 Å². The molecule has 112 valence electrons. The van der Waals surface area contributed by atoms with E-state index >= 15 is 0 Å². The molecule has 0 spiro atoms. The first kappa shape index (κ1) is 15.3. The third-order valence-electron chi connectivity index (χ3n) is 3.56. The summed E-state index contributed by atoms with van der Waals surface area (Å²) in [5, 5.41) is 3.13. The number of hydrogen-bond acceptors (Lipinski definition) is 2. The minimum Gasteiger partial charge on any atom is -0.376 e. The van der Waals surface area contributed by atoms with Gasteiger partial charge in [0, 0.05) is 24.3 Å². The van der Waals surface area contributed by atoms with Crippen LogP contribution in [-0.4, -0.2) is 19.3 Å². The molecule has 1 aliphatic heterocycles. The molecule has 2 nitrogen and oxygen atoms in total. The molecule has 2 rings (SSSR count). The maximum atomic E-state index is 14.0. The van der Waals surface area contributed by atoms with Crippen molar-refractivity contribution in [3.8, 4) is 0 Å². The maximum Gasteiger partial charge on any atom is 0.133 e. The van der Waals surface area contributed by atoms with Gasteiger partial charge in [-0.05, 0) is 32.2 Å². The van der Waals surface area contributed by atoms with Crippen molar-refractivity contribution in [1.82, 2.24) is 5.32 Å². The Hall–Kier alpha value is -1.07. The van der Waals surface area contributed by atoms with Crippen molar-refractivity contribution in [3.05, 3.63) is 35.1 Å². The molecule has 1 fully saturated rings. The van der Waals surface area contributed by atoms with Gasteiger partial charge in [-0.25, -0.2) is 13.2 Å². The Kier molecular flexibility index (Phi) is 5.43. The van der Waals surface area contributed by atoms with E-state index < -0.39 is 23.5 Å². The van der Waals surface area contributed by atoms with Gasteiger partial charge in [-0.2, -0.15) is 0 Å². The van der Waals surface area contributed by atoms with Gasteiger partial charge in [0.15, 0.2) is 0 Å². The molecule has 0 bridgehead atoms. The highest BCUT2D eigenvalue weighted by Crippen LogP contribution is 2.30. The van der Waals surface area contributed by atoms with Crippen LogP contribution in [0.4, 0.5) is 13.2 Å². The number of ether oxygens (including phenoxy) is 1. The lowest BCUT2D eigenvalue weighted by molar-refractivity contribution is -0.00965. The second kappa shape index (κ2) is 7.09. The van der Waals surface area contributed by atoms with Crippen LogP contribution < -0.4 is 5.32 Å². The van der Waals surface area contributed by atoms with Gasteiger partial charge in [-0.15, -0.1) is 0 Å². The SMILES string of the molecule is CCCNC(c1c(F)cc(F)cc1F)C1CCCCO1. The van der Waals surface area contributed by atoms with Crippen molar-refractivity contribution in [2.24, 2.45) is 0 Å². The second-order valence-corrected chi connectivity index (χ2v) is 5.12. The van der Waals surface area contributed by atoms with Gasteiger partial charge in [0.2, 0.25) is 0 Å². The first-order valence-electron chi connectivity index (χ1n) is 7.13. The highest BCUT2D eigenvalue weighted by molar-refractivity contribution is 5.25. The van der Waals surface area contributed by atoms with Crippen LogP contribution in [0, 0.1) is 17.5 Å². The highest BCUT2D eigenvalue weighted by Gasteiger charge is 2.30. The number of hydrogen-bond donors (Lipinski definition) is 1. The molecule has 0 saturated carbocycles. The van der Waals surface area contributed by atoms with Crippen LogP contribution in [0.1, 0.15) is 44.2 Å². The molecule has 1 saturated heterocycles. The zero-order valence-corrected chi connectivity index (χ0v) is 11.6. The van der Waals surface area contributed by atoms with Crippen LogP contribution in [0.3, 0.4) is 0 Å². The monoisotopic (exact) mass is 287 g/mol. The molecular formula is C15H20F3NO. The van der Waals surface area contributed by atoms with E-state index in [9.17, 15) is 13.2 Å². The largest absolute Gasteiger partial charge is 0.376 e. The minimum atomic E-state index is -0.900. The Bertz CT molecular complexity index is 424. The van der Waals surface area contributed by atoms with Crippen LogP contribution in [0.5, 0.6) is 0 Å². The molecule has 1 aliphatic rings. The zero-order chi connectivity index (χ0) is 14.5. The van der Waals surface area contributed by atoms with Crippen LogP contribution in [0.15, 0.2) is 12.1 Å². The summed E-state index contributed by atoms with van der Waals surface area (Å²) in [5.41, 5.74) is -0.119. The lowest BCUT2D eigenvalue weighted by atomic mass is 9.94. The van der Waals surface area contributed by atoms with Crippen molar-refractivity contribution in [1.29, 1.82) is 0 Å². The van der Waals surface area contributed by atoms with E-state index in [0.717, 1.165) is 37.8 Å². The first-order valence-corrected chi connectivity index (χ1v) is 7.13. The third kappa shape index (κ3) is 3.52. The average molecular weight is 287 g/mol. The van der Waals surface area contributed by atoms with Crippen LogP contribution in [0.2, 0.25) is 0 Å². The van der Waals surface area contributed by atoms with Crippen molar-refractivity contribution >= 4 is 0 Å². The third-order valence-corrected chi connectivity index (χ3v) is 3.56. The summed E-state index contributed by atoms with van der Waals surface area (Å²) in [5.74, 6) is -2.61. The molecule has 0 radical (unpaired) electrons. The molecule has 2 atom stereocenters. The predicted molar refractivity (Wildman–Crippen MR) is 70.9 cm³/mol. The predicted octanol–water partition coefficient (Wildman–Crippen LogP) is 3.71. The van der Waals surface area contributed by atoms with E-state index in [0.29, 0.717) is 13.2 Å². The number of nitrogens with one attached hydrogen (secondary N) is 1. The lowest BCUT2D eigenvalue weighted by Gasteiger charge is -2.32. The summed E-state index contributed by atoms with van der Waals surface area (Å²) in [6, 6.07) is 0.875. The molecule has 1 aromatic rings. The molecular weight excluding hydrogens is 267 g/mol. The Morgan fingerprint density at radius 3 is 2.50 bits per heavy atom. The van der Waals surface area contributed by atoms with E-state index in [4.69, 9.17) is 4.74 Å². The topological polar surface area (TPSA) is 21.3 Å². The average Bonchev–Trinajstić information content (AvgIpc) is 2.42. The number of rotatable bonds is 5. The number of benzene rings is 1. The maximum absolute atomic E-state index is 14.0. The fourth-order valence-electron chi connectivity index (χ4n) is 2.60. The summed E-state index contributed by atoms with van der Waals surface area (Å²) in [6.45, 7) is 3.20. The summed E-state index contributed by atoms with van der Waals surface area (Å²) in [7, 11) is 0. The standard InChI is InChI=1S/C15H20F3NO/c1-2-6-19-15(13-5-3-4-7-20-13)14-11(17)8-10(16)9-12(14)18/h8-9,13,15,19H,2-7H2,1H3. The van der Waals surface area contributed by atoms with Gasteiger partial charge in [0.05, 0.1) is 12.1 Å². The van der Waals surface area contributed by atoms with Crippen molar-refractivity contribution in [3.63, 3.8) is 0 Å². The molecule has 20 heavy (non-hydrogen) atoms. The van der Waals surface area contributed by atoms with Crippen LogP contribution in [-0.2, 0) is 4.74 Å². The zero-order valence-electron chi connectivity index (χ0n) is 11.6.